The molecule has 1 aromatic carbocycles. The Hall–Kier alpha value is -2.25. The molecular formula is C18H23FN4O2. The van der Waals surface area contributed by atoms with Gasteiger partial charge in [-0.05, 0) is 37.1 Å². The highest BCUT2D eigenvalue weighted by Crippen LogP contribution is 2.27. The molecule has 3 rings (SSSR count). The van der Waals surface area contributed by atoms with E-state index in [-0.39, 0.29) is 13.2 Å². The van der Waals surface area contributed by atoms with Crippen LogP contribution in [0.25, 0.3) is 11.4 Å². The largest absolute Gasteiger partial charge is 0.489 e. The second-order valence-electron chi connectivity index (χ2n) is 6.09. The van der Waals surface area contributed by atoms with Gasteiger partial charge in [-0.15, -0.1) is 0 Å². The van der Waals surface area contributed by atoms with E-state index in [1.807, 2.05) is 36.0 Å². The number of rotatable bonds is 6. The van der Waals surface area contributed by atoms with Gasteiger partial charge in [-0.1, -0.05) is 0 Å². The lowest BCUT2D eigenvalue weighted by atomic mass is 9.99. The van der Waals surface area contributed by atoms with Crippen molar-refractivity contribution in [3.8, 4) is 17.1 Å². The minimum absolute atomic E-state index is 0.140. The first-order chi connectivity index (χ1) is 12.2. The summed E-state index contributed by atoms with van der Waals surface area (Å²) in [5, 5.41) is 4.54. The van der Waals surface area contributed by atoms with Gasteiger partial charge >= 0.3 is 0 Å². The summed E-state index contributed by atoms with van der Waals surface area (Å²) in [5.74, 6) is 2.74. The minimum atomic E-state index is 0.140. The van der Waals surface area contributed by atoms with E-state index in [1.54, 1.807) is 0 Å². The van der Waals surface area contributed by atoms with E-state index in [0.29, 0.717) is 29.4 Å². The fourth-order valence-corrected chi connectivity index (χ4v) is 2.84. The summed E-state index contributed by atoms with van der Waals surface area (Å²) < 4.78 is 25.3. The lowest BCUT2D eigenvalue weighted by molar-refractivity contribution is 0.0828. The molecule has 0 unspecified atom stereocenters. The van der Waals surface area contributed by atoms with Gasteiger partial charge in [0.1, 0.15) is 18.2 Å². The van der Waals surface area contributed by atoms with E-state index in [0.717, 1.165) is 37.4 Å². The SMILES string of the molecule is Cn1nc(-c2ccc(OC/C(=C/F)CN)cc2)nc1C1CCOCC1. The lowest BCUT2D eigenvalue weighted by Gasteiger charge is -2.20. The summed E-state index contributed by atoms with van der Waals surface area (Å²) in [7, 11) is 1.93. The molecule has 0 radical (unpaired) electrons. The molecule has 1 aromatic heterocycles. The van der Waals surface area contributed by atoms with Gasteiger partial charge in [0.05, 0.1) is 6.33 Å². The minimum Gasteiger partial charge on any atom is -0.489 e. The molecule has 25 heavy (non-hydrogen) atoms. The average molecular weight is 346 g/mol. The van der Waals surface area contributed by atoms with E-state index in [9.17, 15) is 4.39 Å². The predicted octanol–water partition coefficient (Wildman–Crippen LogP) is 2.57. The summed E-state index contributed by atoms with van der Waals surface area (Å²) >= 11 is 0. The molecular weight excluding hydrogens is 323 g/mol. The third-order valence-electron chi connectivity index (χ3n) is 4.34. The zero-order chi connectivity index (χ0) is 17.6. The Kier molecular flexibility index (Phi) is 5.78. The number of nitrogens with zero attached hydrogens (tertiary/aromatic N) is 3. The van der Waals surface area contributed by atoms with Crippen molar-refractivity contribution in [1.29, 1.82) is 0 Å². The Morgan fingerprint density at radius 3 is 2.72 bits per heavy atom. The fourth-order valence-electron chi connectivity index (χ4n) is 2.84. The van der Waals surface area contributed by atoms with Crippen LogP contribution in [0.1, 0.15) is 24.6 Å². The van der Waals surface area contributed by atoms with Gasteiger partial charge in [0.25, 0.3) is 0 Å². The van der Waals surface area contributed by atoms with Gasteiger partial charge in [0, 0.05) is 43.9 Å². The fraction of sp³-hybridized carbons (Fsp3) is 0.444. The summed E-state index contributed by atoms with van der Waals surface area (Å²) in [6.07, 6.45) is 2.44. The monoisotopic (exact) mass is 346 g/mol. The normalized spacial score (nSPS) is 16.2. The second-order valence-corrected chi connectivity index (χ2v) is 6.09. The summed E-state index contributed by atoms with van der Waals surface area (Å²) in [6.45, 7) is 1.83. The van der Waals surface area contributed by atoms with Crippen molar-refractivity contribution in [2.45, 2.75) is 18.8 Å². The summed E-state index contributed by atoms with van der Waals surface area (Å²) in [4.78, 5) is 4.71. The van der Waals surface area contributed by atoms with E-state index >= 15 is 0 Å². The number of nitrogens with two attached hydrogens (primary N) is 1. The number of hydrogen-bond acceptors (Lipinski definition) is 5. The number of aromatic nitrogens is 3. The Morgan fingerprint density at radius 1 is 1.36 bits per heavy atom. The van der Waals surface area contributed by atoms with Gasteiger partial charge in [0.15, 0.2) is 5.82 Å². The third-order valence-corrected chi connectivity index (χ3v) is 4.34. The van der Waals surface area contributed by atoms with Gasteiger partial charge in [0.2, 0.25) is 0 Å². The van der Waals surface area contributed by atoms with Crippen molar-refractivity contribution in [3.63, 3.8) is 0 Å². The van der Waals surface area contributed by atoms with Gasteiger partial charge in [-0.25, -0.2) is 9.37 Å². The maximum atomic E-state index is 12.5. The number of hydrogen-bond donors (Lipinski definition) is 1. The van der Waals surface area contributed by atoms with Crippen LogP contribution in [0.5, 0.6) is 5.75 Å². The summed E-state index contributed by atoms with van der Waals surface area (Å²) in [5.41, 5.74) is 6.74. The smallest absolute Gasteiger partial charge is 0.181 e. The predicted molar refractivity (Wildman–Crippen MR) is 93.0 cm³/mol. The van der Waals surface area contributed by atoms with Crippen LogP contribution in [0.2, 0.25) is 0 Å². The maximum absolute atomic E-state index is 12.5. The quantitative estimate of drug-likeness (QED) is 0.870. The van der Waals surface area contributed by atoms with E-state index in [2.05, 4.69) is 5.10 Å². The molecule has 0 spiro atoms. The van der Waals surface area contributed by atoms with Gasteiger partial charge in [-0.3, -0.25) is 4.68 Å². The number of halogens is 1. The molecule has 0 amide bonds. The maximum Gasteiger partial charge on any atom is 0.181 e. The zero-order valence-corrected chi connectivity index (χ0v) is 14.3. The number of benzene rings is 1. The van der Waals surface area contributed by atoms with Crippen molar-refractivity contribution in [1.82, 2.24) is 14.8 Å². The zero-order valence-electron chi connectivity index (χ0n) is 14.3. The first kappa shape index (κ1) is 17.6. The molecule has 6 nitrogen and oxygen atoms in total. The molecule has 0 saturated carbocycles. The lowest BCUT2D eigenvalue weighted by Crippen LogP contribution is -2.17. The van der Waals surface area contributed by atoms with Crippen LogP contribution in [0.15, 0.2) is 36.2 Å². The van der Waals surface area contributed by atoms with E-state index in [1.165, 1.54) is 0 Å². The van der Waals surface area contributed by atoms with Crippen molar-refractivity contribution in [2.24, 2.45) is 12.8 Å². The molecule has 134 valence electrons. The Bertz CT molecular complexity index is 721. The second kappa shape index (κ2) is 8.22. The molecule has 0 bridgehead atoms. The standard InChI is InChI=1S/C18H23FN4O2/c1-23-18(15-6-8-24-9-7-15)21-17(22-23)14-2-4-16(5-3-14)25-12-13(10-19)11-20/h2-5,10,15H,6-9,11-12,20H2,1H3/b13-10+. The molecule has 2 heterocycles. The van der Waals surface area contributed by atoms with Crippen molar-refractivity contribution < 1.29 is 13.9 Å². The average Bonchev–Trinajstić information content (AvgIpc) is 3.05. The highest BCUT2D eigenvalue weighted by molar-refractivity contribution is 5.56. The molecule has 1 aliphatic rings. The highest BCUT2D eigenvalue weighted by Gasteiger charge is 2.22. The van der Waals surface area contributed by atoms with Crippen LogP contribution in [-0.2, 0) is 11.8 Å². The molecule has 1 saturated heterocycles. The topological polar surface area (TPSA) is 75.2 Å². The molecule has 1 fully saturated rings. The van der Waals surface area contributed by atoms with Gasteiger partial charge < -0.3 is 15.2 Å². The van der Waals surface area contributed by atoms with Crippen LogP contribution in [0, 0.1) is 0 Å². The van der Waals surface area contributed by atoms with Gasteiger partial charge in [-0.2, -0.15) is 5.10 Å². The Morgan fingerprint density at radius 2 is 2.08 bits per heavy atom. The van der Waals surface area contributed by atoms with Crippen molar-refractivity contribution in [2.75, 3.05) is 26.4 Å². The van der Waals surface area contributed by atoms with Crippen LogP contribution in [0.4, 0.5) is 4.39 Å². The highest BCUT2D eigenvalue weighted by atomic mass is 19.1. The number of ether oxygens (including phenoxy) is 2. The molecule has 7 heteroatoms. The molecule has 1 aliphatic heterocycles. The molecule has 0 atom stereocenters. The molecule has 2 N–H and O–H groups in total. The van der Waals surface area contributed by atoms with Crippen LogP contribution < -0.4 is 10.5 Å². The first-order valence-corrected chi connectivity index (χ1v) is 8.41. The van der Waals surface area contributed by atoms with Crippen molar-refractivity contribution in [3.05, 3.63) is 42.0 Å². The Balaban J connectivity index is 1.70. The number of aryl methyl sites for hydroxylation is 1. The van der Waals surface area contributed by atoms with Crippen LogP contribution in [-0.4, -0.2) is 41.1 Å². The summed E-state index contributed by atoms with van der Waals surface area (Å²) in [6, 6.07) is 7.46. The van der Waals surface area contributed by atoms with Crippen LogP contribution in [0.3, 0.4) is 0 Å². The van der Waals surface area contributed by atoms with Crippen molar-refractivity contribution >= 4 is 0 Å². The van der Waals surface area contributed by atoms with E-state index in [4.69, 9.17) is 20.2 Å². The third kappa shape index (κ3) is 4.24. The molecule has 0 aliphatic carbocycles. The Labute approximate surface area is 146 Å². The van der Waals surface area contributed by atoms with E-state index < -0.39 is 0 Å². The molecule has 2 aromatic rings. The van der Waals surface area contributed by atoms with Crippen LogP contribution >= 0.6 is 0 Å². The first-order valence-electron chi connectivity index (χ1n) is 8.41.